The molecular formula is C24H28N4O5. The molecule has 0 aliphatic heterocycles. The van der Waals surface area contributed by atoms with Gasteiger partial charge < -0.3 is 24.8 Å². The highest BCUT2D eigenvalue weighted by Crippen LogP contribution is 2.31. The van der Waals surface area contributed by atoms with Crippen LogP contribution in [0.25, 0.3) is 0 Å². The maximum absolute atomic E-state index is 12.9. The predicted molar refractivity (Wildman–Crippen MR) is 124 cm³/mol. The smallest absolute Gasteiger partial charge is 0.227 e. The van der Waals surface area contributed by atoms with Crippen LogP contribution in [0.1, 0.15) is 30.5 Å². The average Bonchev–Trinajstić information content (AvgIpc) is 3.24. The molecule has 2 aromatic carbocycles. The number of benzene rings is 2. The number of carbonyl (C=O) groups excluding carboxylic acids is 2. The third-order valence-corrected chi connectivity index (χ3v) is 5.07. The fourth-order valence-electron chi connectivity index (χ4n) is 3.52. The number of hydrogen-bond donors (Lipinski definition) is 2. The molecule has 9 heteroatoms. The Kier molecular flexibility index (Phi) is 7.91. The summed E-state index contributed by atoms with van der Waals surface area (Å²) in [6.45, 7) is 1.79. The van der Waals surface area contributed by atoms with E-state index in [1.54, 1.807) is 50.4 Å². The Morgan fingerprint density at radius 3 is 2.39 bits per heavy atom. The van der Waals surface area contributed by atoms with Crippen LogP contribution in [-0.4, -0.2) is 42.9 Å². The summed E-state index contributed by atoms with van der Waals surface area (Å²) in [6, 6.07) is 14.1. The summed E-state index contributed by atoms with van der Waals surface area (Å²) in [5.74, 6) is 1.97. The monoisotopic (exact) mass is 452 g/mol. The number of carbonyl (C=O) groups is 2. The minimum atomic E-state index is -0.483. The molecule has 1 unspecified atom stereocenters. The molecule has 0 saturated carbocycles. The van der Waals surface area contributed by atoms with Gasteiger partial charge in [0.1, 0.15) is 11.6 Å². The third kappa shape index (κ3) is 6.03. The second-order valence-corrected chi connectivity index (χ2v) is 7.31. The van der Waals surface area contributed by atoms with E-state index in [0.29, 0.717) is 29.6 Å². The molecule has 3 aromatic rings. The Labute approximate surface area is 192 Å². The molecule has 174 valence electrons. The number of anilines is 1. The lowest BCUT2D eigenvalue weighted by Gasteiger charge is -2.19. The lowest BCUT2D eigenvalue weighted by Crippen LogP contribution is -2.30. The maximum atomic E-state index is 12.9. The Bertz CT molecular complexity index is 1090. The first kappa shape index (κ1) is 23.6. The molecule has 1 heterocycles. The van der Waals surface area contributed by atoms with Crippen molar-refractivity contribution in [2.75, 3.05) is 26.6 Å². The van der Waals surface area contributed by atoms with Crippen molar-refractivity contribution in [2.24, 2.45) is 0 Å². The van der Waals surface area contributed by atoms with Gasteiger partial charge in [-0.1, -0.05) is 24.3 Å². The van der Waals surface area contributed by atoms with E-state index in [2.05, 4.69) is 15.7 Å². The van der Waals surface area contributed by atoms with Gasteiger partial charge in [-0.25, -0.2) is 4.68 Å². The minimum Gasteiger partial charge on any atom is -0.497 e. The summed E-state index contributed by atoms with van der Waals surface area (Å²) in [5.41, 5.74) is 1.65. The first-order valence-electron chi connectivity index (χ1n) is 10.4. The zero-order valence-corrected chi connectivity index (χ0v) is 19.1. The quantitative estimate of drug-likeness (QED) is 0.490. The van der Waals surface area contributed by atoms with E-state index in [1.165, 1.54) is 6.92 Å². The Hall–Kier alpha value is -4.01. The number of para-hydroxylation sites is 1. The van der Waals surface area contributed by atoms with Crippen LogP contribution in [-0.2, 0) is 16.1 Å². The molecular weight excluding hydrogens is 424 g/mol. The van der Waals surface area contributed by atoms with Gasteiger partial charge in [-0.15, -0.1) is 0 Å². The van der Waals surface area contributed by atoms with Crippen LogP contribution in [0.5, 0.6) is 17.2 Å². The second kappa shape index (κ2) is 11.0. The highest BCUT2D eigenvalue weighted by Gasteiger charge is 2.19. The van der Waals surface area contributed by atoms with Gasteiger partial charge in [0, 0.05) is 18.6 Å². The molecule has 3 rings (SSSR count). The van der Waals surface area contributed by atoms with Crippen molar-refractivity contribution in [3.63, 3.8) is 0 Å². The Balaban J connectivity index is 1.74. The third-order valence-electron chi connectivity index (χ3n) is 5.07. The average molecular weight is 453 g/mol. The summed E-state index contributed by atoms with van der Waals surface area (Å²) in [7, 11) is 4.74. The van der Waals surface area contributed by atoms with Gasteiger partial charge in [-0.05, 0) is 23.8 Å². The highest BCUT2D eigenvalue weighted by molar-refractivity contribution is 5.90. The molecule has 0 saturated heterocycles. The van der Waals surface area contributed by atoms with Crippen molar-refractivity contribution in [3.8, 4) is 17.2 Å². The van der Waals surface area contributed by atoms with E-state index in [-0.39, 0.29) is 18.2 Å². The van der Waals surface area contributed by atoms with E-state index < -0.39 is 6.04 Å². The number of nitrogens with zero attached hydrogens (tertiary/aromatic N) is 2. The number of rotatable bonds is 10. The topological polar surface area (TPSA) is 104 Å². The zero-order chi connectivity index (χ0) is 23.8. The lowest BCUT2D eigenvalue weighted by atomic mass is 10.0. The summed E-state index contributed by atoms with van der Waals surface area (Å²) in [5, 5.41) is 10.0. The number of methoxy groups -OCH3 is 3. The van der Waals surface area contributed by atoms with E-state index in [4.69, 9.17) is 14.2 Å². The first-order valence-corrected chi connectivity index (χ1v) is 10.4. The van der Waals surface area contributed by atoms with E-state index in [1.807, 2.05) is 30.3 Å². The van der Waals surface area contributed by atoms with Gasteiger partial charge in [0.2, 0.25) is 11.8 Å². The number of aromatic nitrogens is 2. The molecule has 9 nitrogen and oxygen atoms in total. The summed E-state index contributed by atoms with van der Waals surface area (Å²) in [4.78, 5) is 24.6. The minimum absolute atomic E-state index is 0.0551. The summed E-state index contributed by atoms with van der Waals surface area (Å²) >= 11 is 0. The van der Waals surface area contributed by atoms with Crippen LogP contribution in [0.2, 0.25) is 0 Å². The first-order chi connectivity index (χ1) is 15.9. The van der Waals surface area contributed by atoms with Crippen molar-refractivity contribution >= 4 is 17.6 Å². The molecule has 0 radical (unpaired) electrons. The fraction of sp³-hybridized carbons (Fsp3) is 0.292. The predicted octanol–water partition coefficient (Wildman–Crippen LogP) is 3.16. The van der Waals surface area contributed by atoms with Crippen molar-refractivity contribution in [1.29, 1.82) is 0 Å². The standard InChI is InChI=1S/C24H28N4O5/c1-16(29)26-20(17-8-10-19(31-2)11-9-17)14-23(30)27-22-12-13-25-28(22)15-18-6-5-7-21(32-3)24(18)33-4/h5-13,20H,14-15H2,1-4H3,(H,26,29)(H,27,30). The van der Waals surface area contributed by atoms with Crippen molar-refractivity contribution in [3.05, 3.63) is 65.9 Å². The molecule has 33 heavy (non-hydrogen) atoms. The van der Waals surface area contributed by atoms with Gasteiger partial charge in [-0.3, -0.25) is 9.59 Å². The Morgan fingerprint density at radius 2 is 1.76 bits per heavy atom. The molecule has 1 aromatic heterocycles. The van der Waals surface area contributed by atoms with Gasteiger partial charge in [0.15, 0.2) is 11.5 Å². The maximum Gasteiger partial charge on any atom is 0.227 e. The molecule has 1 atom stereocenters. The van der Waals surface area contributed by atoms with E-state index >= 15 is 0 Å². The van der Waals surface area contributed by atoms with Crippen molar-refractivity contribution in [1.82, 2.24) is 15.1 Å². The normalized spacial score (nSPS) is 11.4. The molecule has 0 spiro atoms. The molecule has 0 bridgehead atoms. The largest absolute Gasteiger partial charge is 0.497 e. The summed E-state index contributed by atoms with van der Waals surface area (Å²) < 4.78 is 17.7. The Morgan fingerprint density at radius 1 is 1.00 bits per heavy atom. The molecule has 2 amide bonds. The number of ether oxygens (including phenoxy) is 3. The van der Waals surface area contributed by atoms with Crippen molar-refractivity contribution < 1.29 is 23.8 Å². The number of hydrogen-bond acceptors (Lipinski definition) is 6. The zero-order valence-electron chi connectivity index (χ0n) is 19.1. The van der Waals surface area contributed by atoms with Crippen molar-refractivity contribution in [2.45, 2.75) is 25.9 Å². The van der Waals surface area contributed by atoms with Gasteiger partial charge in [0.05, 0.1) is 46.5 Å². The number of amides is 2. The van der Waals surface area contributed by atoms with Crippen LogP contribution >= 0.6 is 0 Å². The molecule has 0 aliphatic rings. The lowest BCUT2D eigenvalue weighted by molar-refractivity contribution is -0.120. The fourth-order valence-corrected chi connectivity index (χ4v) is 3.52. The van der Waals surface area contributed by atoms with E-state index in [9.17, 15) is 9.59 Å². The molecule has 0 aliphatic carbocycles. The highest BCUT2D eigenvalue weighted by atomic mass is 16.5. The van der Waals surface area contributed by atoms with Gasteiger partial charge in [0.25, 0.3) is 0 Å². The molecule has 0 fully saturated rings. The van der Waals surface area contributed by atoms with E-state index in [0.717, 1.165) is 11.1 Å². The van der Waals surface area contributed by atoms with Crippen LogP contribution in [0, 0.1) is 0 Å². The van der Waals surface area contributed by atoms with Gasteiger partial charge >= 0.3 is 0 Å². The van der Waals surface area contributed by atoms with Crippen LogP contribution in [0.3, 0.4) is 0 Å². The second-order valence-electron chi connectivity index (χ2n) is 7.31. The van der Waals surface area contributed by atoms with Crippen LogP contribution < -0.4 is 24.8 Å². The summed E-state index contributed by atoms with van der Waals surface area (Å²) in [6.07, 6.45) is 1.66. The van der Waals surface area contributed by atoms with Crippen LogP contribution in [0.15, 0.2) is 54.7 Å². The number of nitrogens with one attached hydrogen (secondary N) is 2. The van der Waals surface area contributed by atoms with Gasteiger partial charge in [-0.2, -0.15) is 5.10 Å². The SMILES string of the molecule is COc1ccc(C(CC(=O)Nc2ccnn2Cc2cccc(OC)c2OC)NC(C)=O)cc1. The molecule has 2 N–H and O–H groups in total. The van der Waals surface area contributed by atoms with Crippen LogP contribution in [0.4, 0.5) is 5.82 Å².